The van der Waals surface area contributed by atoms with Crippen molar-refractivity contribution < 1.29 is 9.53 Å². The fourth-order valence-corrected chi connectivity index (χ4v) is 5.30. The number of amides is 1. The van der Waals surface area contributed by atoms with Crippen LogP contribution in [0.25, 0.3) is 10.9 Å². The molecule has 138 valence electrons. The summed E-state index contributed by atoms with van der Waals surface area (Å²) >= 11 is 0. The van der Waals surface area contributed by atoms with Crippen LogP contribution in [0.3, 0.4) is 0 Å². The number of nitrogens with zero attached hydrogens (tertiary/aromatic N) is 1. The van der Waals surface area contributed by atoms with Crippen LogP contribution in [0.15, 0.2) is 18.2 Å². The van der Waals surface area contributed by atoms with Crippen molar-refractivity contribution in [1.82, 2.24) is 9.88 Å². The molecule has 3 aliphatic rings. The molecule has 0 radical (unpaired) electrons. The van der Waals surface area contributed by atoms with E-state index >= 15 is 0 Å². The highest BCUT2D eigenvalue weighted by Crippen LogP contribution is 2.35. The number of hydrogen-bond acceptors (Lipinski definition) is 2. The number of carbonyl (C=O) groups excluding carboxylic acids is 1. The van der Waals surface area contributed by atoms with Crippen LogP contribution in [0.5, 0.6) is 0 Å². The fourth-order valence-electron chi connectivity index (χ4n) is 5.30. The first kappa shape index (κ1) is 16.4. The second kappa shape index (κ2) is 6.41. The van der Waals surface area contributed by atoms with Gasteiger partial charge in [0.2, 0.25) is 0 Å². The van der Waals surface area contributed by atoms with Gasteiger partial charge in [0.1, 0.15) is 0 Å². The predicted molar refractivity (Wildman–Crippen MR) is 103 cm³/mol. The standard InChI is InChI=1S/C22H28N2O2/c1-14-9-10-18-17(13-14)15-5-4-6-16(21(15)23-18)22(25)24-11-12-26-20-8-3-2-7-19(20)24/h4-6,14,19-20,23H,2-3,7-13H2,1H3. The Bertz CT molecular complexity index is 838. The second-order valence-corrected chi connectivity index (χ2v) is 8.42. The lowest BCUT2D eigenvalue weighted by atomic mass is 9.87. The average Bonchev–Trinajstić information content (AvgIpc) is 3.05. The lowest BCUT2D eigenvalue weighted by Gasteiger charge is -2.43. The maximum atomic E-state index is 13.5. The molecular weight excluding hydrogens is 324 g/mol. The van der Waals surface area contributed by atoms with Crippen molar-refractivity contribution in [2.24, 2.45) is 5.92 Å². The van der Waals surface area contributed by atoms with Crippen molar-refractivity contribution in [3.8, 4) is 0 Å². The third-order valence-electron chi connectivity index (χ3n) is 6.69. The minimum atomic E-state index is 0.183. The lowest BCUT2D eigenvalue weighted by molar-refractivity contribution is -0.0752. The Kier molecular flexibility index (Phi) is 4.04. The number of H-pyrrole nitrogens is 1. The van der Waals surface area contributed by atoms with Crippen LogP contribution in [-0.2, 0) is 17.6 Å². The van der Waals surface area contributed by atoms with Crippen molar-refractivity contribution in [3.63, 3.8) is 0 Å². The van der Waals surface area contributed by atoms with Gasteiger partial charge < -0.3 is 14.6 Å². The Labute approximate surface area is 154 Å². The van der Waals surface area contributed by atoms with E-state index in [4.69, 9.17) is 4.74 Å². The normalized spacial score (nSPS) is 28.7. The molecule has 1 aliphatic heterocycles. The highest BCUT2D eigenvalue weighted by molar-refractivity contribution is 6.07. The first-order valence-corrected chi connectivity index (χ1v) is 10.3. The number of para-hydroxylation sites is 1. The summed E-state index contributed by atoms with van der Waals surface area (Å²) < 4.78 is 5.96. The van der Waals surface area contributed by atoms with E-state index in [1.807, 2.05) is 6.07 Å². The number of rotatable bonds is 1. The molecule has 3 atom stereocenters. The summed E-state index contributed by atoms with van der Waals surface area (Å²) in [6.07, 6.45) is 8.27. The molecule has 2 aliphatic carbocycles. The highest BCUT2D eigenvalue weighted by Gasteiger charge is 2.37. The van der Waals surface area contributed by atoms with Gasteiger partial charge in [-0.3, -0.25) is 4.79 Å². The SMILES string of the molecule is CC1CCc2[nH]c3c(C(=O)N4CCOC5CCCCC54)cccc3c2C1. The summed E-state index contributed by atoms with van der Waals surface area (Å²) in [4.78, 5) is 19.2. The molecule has 2 heterocycles. The number of aromatic amines is 1. The van der Waals surface area contributed by atoms with E-state index < -0.39 is 0 Å². The summed E-state index contributed by atoms with van der Waals surface area (Å²) in [6, 6.07) is 6.50. The largest absolute Gasteiger partial charge is 0.374 e. The van der Waals surface area contributed by atoms with Crippen molar-refractivity contribution >= 4 is 16.8 Å². The number of aryl methyl sites for hydroxylation is 1. The molecular formula is C22H28N2O2. The third kappa shape index (κ3) is 2.58. The lowest BCUT2D eigenvalue weighted by Crippen LogP contribution is -2.54. The number of fused-ring (bicyclic) bond motifs is 4. The summed E-state index contributed by atoms with van der Waals surface area (Å²) in [5.74, 6) is 0.908. The molecule has 2 aromatic rings. The molecule has 0 spiro atoms. The zero-order valence-corrected chi connectivity index (χ0v) is 15.6. The van der Waals surface area contributed by atoms with Crippen molar-refractivity contribution in [3.05, 3.63) is 35.0 Å². The van der Waals surface area contributed by atoms with Gasteiger partial charge in [0.15, 0.2) is 0 Å². The molecule has 1 aromatic heterocycles. The van der Waals surface area contributed by atoms with Gasteiger partial charge in [-0.05, 0) is 49.7 Å². The number of benzene rings is 1. The van der Waals surface area contributed by atoms with E-state index in [0.717, 1.165) is 42.7 Å². The minimum absolute atomic E-state index is 0.183. The third-order valence-corrected chi connectivity index (χ3v) is 6.69. The number of morpholine rings is 1. The van der Waals surface area contributed by atoms with Gasteiger partial charge in [-0.1, -0.05) is 31.9 Å². The zero-order chi connectivity index (χ0) is 17.7. The van der Waals surface area contributed by atoms with E-state index in [1.54, 1.807) is 0 Å². The molecule has 1 saturated heterocycles. The molecule has 1 amide bonds. The Morgan fingerprint density at radius 1 is 1.23 bits per heavy atom. The van der Waals surface area contributed by atoms with Crippen LogP contribution in [0, 0.1) is 5.92 Å². The highest BCUT2D eigenvalue weighted by atomic mass is 16.5. The maximum absolute atomic E-state index is 13.5. The van der Waals surface area contributed by atoms with Crippen molar-refractivity contribution in [2.45, 2.75) is 64.0 Å². The zero-order valence-electron chi connectivity index (χ0n) is 15.6. The molecule has 5 rings (SSSR count). The number of hydrogen-bond donors (Lipinski definition) is 1. The Balaban J connectivity index is 1.53. The van der Waals surface area contributed by atoms with Crippen molar-refractivity contribution in [2.75, 3.05) is 13.2 Å². The molecule has 4 heteroatoms. The van der Waals surface area contributed by atoms with E-state index in [0.29, 0.717) is 13.2 Å². The molecule has 1 aromatic carbocycles. The molecule has 0 bridgehead atoms. The smallest absolute Gasteiger partial charge is 0.256 e. The van der Waals surface area contributed by atoms with Gasteiger partial charge >= 0.3 is 0 Å². The molecule has 1 N–H and O–H groups in total. The Morgan fingerprint density at radius 2 is 2.12 bits per heavy atom. The monoisotopic (exact) mass is 352 g/mol. The van der Waals surface area contributed by atoms with Crippen LogP contribution < -0.4 is 0 Å². The van der Waals surface area contributed by atoms with Gasteiger partial charge in [-0.15, -0.1) is 0 Å². The Morgan fingerprint density at radius 3 is 3.04 bits per heavy atom. The topological polar surface area (TPSA) is 45.3 Å². The molecule has 1 saturated carbocycles. The van der Waals surface area contributed by atoms with E-state index in [1.165, 1.54) is 35.9 Å². The quantitative estimate of drug-likeness (QED) is 0.841. The van der Waals surface area contributed by atoms with Crippen molar-refractivity contribution in [1.29, 1.82) is 0 Å². The minimum Gasteiger partial charge on any atom is -0.374 e. The first-order valence-electron chi connectivity index (χ1n) is 10.3. The van der Waals surface area contributed by atoms with E-state index in [-0.39, 0.29) is 18.1 Å². The first-order chi connectivity index (χ1) is 12.7. The van der Waals surface area contributed by atoms with E-state index in [9.17, 15) is 4.79 Å². The van der Waals surface area contributed by atoms with Gasteiger partial charge in [0.25, 0.3) is 5.91 Å². The van der Waals surface area contributed by atoms with Crippen LogP contribution in [0.1, 0.15) is 60.6 Å². The number of nitrogens with one attached hydrogen (secondary N) is 1. The van der Waals surface area contributed by atoms with Gasteiger partial charge in [-0.2, -0.15) is 0 Å². The number of aromatic nitrogens is 1. The van der Waals surface area contributed by atoms with E-state index in [2.05, 4.69) is 28.9 Å². The van der Waals surface area contributed by atoms with Gasteiger partial charge in [0.05, 0.1) is 29.8 Å². The fraction of sp³-hybridized carbons (Fsp3) is 0.591. The van der Waals surface area contributed by atoms with Crippen LogP contribution >= 0.6 is 0 Å². The number of ether oxygens (including phenoxy) is 1. The summed E-state index contributed by atoms with van der Waals surface area (Å²) in [5, 5.41) is 1.26. The molecule has 3 unspecified atom stereocenters. The molecule has 26 heavy (non-hydrogen) atoms. The van der Waals surface area contributed by atoms with Crippen LogP contribution in [0.4, 0.5) is 0 Å². The van der Waals surface area contributed by atoms with Crippen LogP contribution in [0.2, 0.25) is 0 Å². The summed E-state index contributed by atoms with van der Waals surface area (Å²) in [7, 11) is 0. The summed E-state index contributed by atoms with van der Waals surface area (Å²) in [5.41, 5.74) is 4.67. The van der Waals surface area contributed by atoms with Crippen LogP contribution in [-0.4, -0.2) is 41.1 Å². The summed E-state index contributed by atoms with van der Waals surface area (Å²) in [6.45, 7) is 3.71. The second-order valence-electron chi connectivity index (χ2n) is 8.42. The Hall–Kier alpha value is -1.81. The molecule has 4 nitrogen and oxygen atoms in total. The van der Waals surface area contributed by atoms with Gasteiger partial charge in [0, 0.05) is 17.6 Å². The molecule has 2 fully saturated rings. The number of carbonyl (C=O) groups is 1. The van der Waals surface area contributed by atoms with Gasteiger partial charge in [-0.25, -0.2) is 0 Å². The predicted octanol–water partition coefficient (Wildman–Crippen LogP) is 4.08. The maximum Gasteiger partial charge on any atom is 0.256 e. The average molecular weight is 352 g/mol.